The summed E-state index contributed by atoms with van der Waals surface area (Å²) in [4.78, 5) is 22.9. The minimum absolute atomic E-state index is 0.255. The number of allylic oxidation sites excluding steroid dienone is 1. The monoisotopic (exact) mass is 276 g/mol. The predicted octanol–water partition coefficient (Wildman–Crippen LogP) is 0.610. The summed E-state index contributed by atoms with van der Waals surface area (Å²) >= 11 is 0. The van der Waals surface area contributed by atoms with E-state index in [0.717, 1.165) is 11.1 Å². The average molecular weight is 276 g/mol. The van der Waals surface area contributed by atoms with Crippen LogP contribution in [0.5, 0.6) is 0 Å². The Bertz CT molecular complexity index is 497. The molecule has 6 heteroatoms. The second-order valence-corrected chi connectivity index (χ2v) is 4.36. The lowest BCUT2D eigenvalue weighted by Crippen LogP contribution is -2.32. The van der Waals surface area contributed by atoms with Crippen molar-refractivity contribution < 1.29 is 9.59 Å². The van der Waals surface area contributed by atoms with Crippen LogP contribution in [0.25, 0.3) is 5.57 Å². The van der Waals surface area contributed by atoms with Crippen molar-refractivity contribution in [1.29, 1.82) is 0 Å². The molecule has 0 aliphatic carbocycles. The molecular formula is C14H20N4O2. The molecule has 2 amide bonds. The lowest BCUT2D eigenvalue weighted by atomic mass is 9.97. The van der Waals surface area contributed by atoms with E-state index in [-0.39, 0.29) is 18.2 Å². The smallest absolute Gasteiger partial charge is 0.261 e. The molecule has 0 aliphatic heterocycles. The number of nitrogens with one attached hydrogen (secondary N) is 2. The second kappa shape index (κ2) is 8.08. The molecule has 1 rings (SSSR count). The fourth-order valence-corrected chi connectivity index (χ4v) is 1.92. The third-order valence-corrected chi connectivity index (χ3v) is 3.06. The van der Waals surface area contributed by atoms with Gasteiger partial charge >= 0.3 is 0 Å². The molecule has 20 heavy (non-hydrogen) atoms. The van der Waals surface area contributed by atoms with E-state index in [1.807, 2.05) is 37.3 Å². The number of amides is 2. The van der Waals surface area contributed by atoms with Gasteiger partial charge in [0.05, 0.1) is 0 Å². The molecule has 0 saturated carbocycles. The normalized spacial score (nSPS) is 11.6. The molecule has 0 aliphatic rings. The molecule has 0 atom stereocenters. The number of hydrogen-bond donors (Lipinski definition) is 4. The van der Waals surface area contributed by atoms with Crippen LogP contribution in [-0.4, -0.2) is 11.8 Å². The van der Waals surface area contributed by atoms with Gasteiger partial charge in [-0.05, 0) is 30.9 Å². The molecule has 1 aromatic carbocycles. The van der Waals surface area contributed by atoms with Crippen molar-refractivity contribution >= 4 is 17.4 Å². The predicted molar refractivity (Wildman–Crippen MR) is 77.5 cm³/mol. The fourth-order valence-electron chi connectivity index (χ4n) is 1.92. The molecular weight excluding hydrogens is 256 g/mol. The Morgan fingerprint density at radius 3 is 2.25 bits per heavy atom. The number of hydrogen-bond acceptors (Lipinski definition) is 4. The minimum Gasteiger partial charge on any atom is -0.294 e. The van der Waals surface area contributed by atoms with Crippen molar-refractivity contribution in [2.75, 3.05) is 0 Å². The van der Waals surface area contributed by atoms with Crippen LogP contribution in [0.2, 0.25) is 0 Å². The minimum atomic E-state index is -0.334. The zero-order chi connectivity index (χ0) is 15.0. The van der Waals surface area contributed by atoms with Crippen LogP contribution < -0.4 is 22.5 Å². The number of benzene rings is 1. The molecule has 0 heterocycles. The first-order valence-corrected chi connectivity index (χ1v) is 6.35. The van der Waals surface area contributed by atoms with E-state index in [2.05, 4.69) is 10.9 Å². The van der Waals surface area contributed by atoms with Gasteiger partial charge in [-0.3, -0.25) is 20.4 Å². The van der Waals surface area contributed by atoms with Crippen molar-refractivity contribution in [3.05, 3.63) is 41.5 Å². The highest BCUT2D eigenvalue weighted by molar-refractivity contribution is 6.00. The van der Waals surface area contributed by atoms with Crippen molar-refractivity contribution in [3.8, 4) is 0 Å². The first-order chi connectivity index (χ1) is 9.60. The molecule has 1 aromatic rings. The third-order valence-electron chi connectivity index (χ3n) is 3.06. The lowest BCUT2D eigenvalue weighted by molar-refractivity contribution is -0.121. The van der Waals surface area contributed by atoms with Crippen LogP contribution in [0.1, 0.15) is 31.7 Å². The molecule has 0 fully saturated rings. The van der Waals surface area contributed by atoms with Crippen molar-refractivity contribution in [3.63, 3.8) is 0 Å². The summed E-state index contributed by atoms with van der Waals surface area (Å²) in [5.74, 6) is 9.64. The van der Waals surface area contributed by atoms with Gasteiger partial charge in [0.1, 0.15) is 0 Å². The van der Waals surface area contributed by atoms with Crippen LogP contribution in [-0.2, 0) is 9.59 Å². The Hall–Kier alpha value is -2.18. The van der Waals surface area contributed by atoms with Crippen LogP contribution in [0.15, 0.2) is 35.9 Å². The van der Waals surface area contributed by atoms with E-state index in [1.165, 1.54) is 0 Å². The Kier molecular flexibility index (Phi) is 6.42. The molecule has 0 spiro atoms. The quantitative estimate of drug-likeness (QED) is 0.264. The summed E-state index contributed by atoms with van der Waals surface area (Å²) in [5, 5.41) is 0. The molecule has 108 valence electrons. The van der Waals surface area contributed by atoms with Gasteiger partial charge in [-0.2, -0.15) is 0 Å². The highest BCUT2D eigenvalue weighted by atomic mass is 16.2. The van der Waals surface area contributed by atoms with Gasteiger partial charge in [-0.15, -0.1) is 0 Å². The van der Waals surface area contributed by atoms with Crippen LogP contribution in [0.3, 0.4) is 0 Å². The Morgan fingerprint density at radius 2 is 1.70 bits per heavy atom. The standard InChI is InChI=1S/C14H20N4O2/c1-10(11-6-3-2-4-7-11)12(14(20)18-16)8-5-9-13(19)17-15/h2-4,6-7H,5,8-9,15-16H2,1H3,(H,17,19)(H,18,20). The molecule has 0 saturated heterocycles. The van der Waals surface area contributed by atoms with Gasteiger partial charge in [0.25, 0.3) is 5.91 Å². The van der Waals surface area contributed by atoms with Gasteiger partial charge in [0.15, 0.2) is 0 Å². The highest BCUT2D eigenvalue weighted by Crippen LogP contribution is 2.22. The largest absolute Gasteiger partial charge is 0.294 e. The maximum atomic E-state index is 11.9. The summed E-state index contributed by atoms with van der Waals surface area (Å²) in [5.41, 5.74) is 6.58. The maximum Gasteiger partial charge on any atom is 0.261 e. The number of nitrogens with two attached hydrogens (primary N) is 2. The molecule has 6 nitrogen and oxygen atoms in total. The molecule has 0 radical (unpaired) electrons. The number of rotatable bonds is 6. The molecule has 0 aromatic heterocycles. The van der Waals surface area contributed by atoms with E-state index in [1.54, 1.807) is 0 Å². The van der Waals surface area contributed by atoms with Gasteiger partial charge in [-0.1, -0.05) is 30.3 Å². The van der Waals surface area contributed by atoms with Gasteiger partial charge in [0.2, 0.25) is 5.91 Å². The fraction of sp³-hybridized carbons (Fsp3) is 0.286. The van der Waals surface area contributed by atoms with Crippen molar-refractivity contribution in [1.82, 2.24) is 10.9 Å². The summed E-state index contributed by atoms with van der Waals surface area (Å²) in [6, 6.07) is 9.56. The Labute approximate surface area is 118 Å². The SMILES string of the molecule is CC(=C(CCCC(=O)NN)C(=O)NN)c1ccccc1. The second-order valence-electron chi connectivity index (χ2n) is 4.36. The van der Waals surface area contributed by atoms with Crippen LogP contribution in [0.4, 0.5) is 0 Å². The van der Waals surface area contributed by atoms with Crippen molar-refractivity contribution in [2.24, 2.45) is 11.7 Å². The van der Waals surface area contributed by atoms with E-state index in [0.29, 0.717) is 18.4 Å². The summed E-state index contributed by atoms with van der Waals surface area (Å²) in [6.45, 7) is 1.86. The molecule has 0 bridgehead atoms. The van der Waals surface area contributed by atoms with E-state index in [9.17, 15) is 9.59 Å². The van der Waals surface area contributed by atoms with E-state index < -0.39 is 0 Å². The van der Waals surface area contributed by atoms with Gasteiger partial charge in [0, 0.05) is 12.0 Å². The Morgan fingerprint density at radius 1 is 1.05 bits per heavy atom. The summed E-state index contributed by atoms with van der Waals surface area (Å²) in [7, 11) is 0. The lowest BCUT2D eigenvalue weighted by Gasteiger charge is -2.11. The zero-order valence-electron chi connectivity index (χ0n) is 11.5. The van der Waals surface area contributed by atoms with Gasteiger partial charge < -0.3 is 0 Å². The Balaban J connectivity index is 2.89. The van der Waals surface area contributed by atoms with Crippen molar-refractivity contribution in [2.45, 2.75) is 26.2 Å². The van der Waals surface area contributed by atoms with Crippen LogP contribution >= 0.6 is 0 Å². The first-order valence-electron chi connectivity index (χ1n) is 6.35. The first kappa shape index (κ1) is 15.9. The zero-order valence-corrected chi connectivity index (χ0v) is 11.5. The number of carbonyl (C=O) groups is 2. The highest BCUT2D eigenvalue weighted by Gasteiger charge is 2.13. The summed E-state index contributed by atoms with van der Waals surface area (Å²) in [6.07, 6.45) is 1.24. The summed E-state index contributed by atoms with van der Waals surface area (Å²) < 4.78 is 0. The van der Waals surface area contributed by atoms with Gasteiger partial charge in [-0.25, -0.2) is 11.7 Å². The third kappa shape index (κ3) is 4.49. The van der Waals surface area contributed by atoms with E-state index in [4.69, 9.17) is 11.7 Å². The number of carbonyl (C=O) groups excluding carboxylic acids is 2. The molecule has 6 N–H and O–H groups in total. The number of hydrazine groups is 2. The molecule has 0 unspecified atom stereocenters. The maximum absolute atomic E-state index is 11.9. The van der Waals surface area contributed by atoms with Crippen LogP contribution in [0, 0.1) is 0 Å². The average Bonchev–Trinajstić information content (AvgIpc) is 2.50. The van der Waals surface area contributed by atoms with E-state index >= 15 is 0 Å². The topological polar surface area (TPSA) is 110 Å².